The second-order valence-corrected chi connectivity index (χ2v) is 4.82. The fourth-order valence-corrected chi connectivity index (χ4v) is 1.84. The lowest BCUT2D eigenvalue weighted by Crippen LogP contribution is -2.05. The molecule has 7 heteroatoms. The summed E-state index contributed by atoms with van der Waals surface area (Å²) in [6, 6.07) is 9.91. The molecule has 21 heavy (non-hydrogen) atoms. The molecule has 1 aromatic heterocycles. The van der Waals surface area contributed by atoms with Gasteiger partial charge in [-0.15, -0.1) is 0 Å². The van der Waals surface area contributed by atoms with E-state index in [9.17, 15) is 10.1 Å². The van der Waals surface area contributed by atoms with Crippen LogP contribution in [-0.4, -0.2) is 16.5 Å². The fraction of sp³-hybridized carbons (Fsp3) is 0.214. The molecule has 0 bridgehead atoms. The van der Waals surface area contributed by atoms with E-state index in [1.165, 1.54) is 6.07 Å². The summed E-state index contributed by atoms with van der Waals surface area (Å²) in [5.74, 6) is 0.794. The van der Waals surface area contributed by atoms with Crippen molar-refractivity contribution in [2.24, 2.45) is 0 Å². The number of nitro groups is 1. The van der Waals surface area contributed by atoms with Crippen molar-refractivity contribution in [3.05, 3.63) is 51.5 Å². The van der Waals surface area contributed by atoms with Crippen molar-refractivity contribution in [2.75, 3.05) is 17.2 Å². The Balaban J connectivity index is 2.29. The molecule has 1 aromatic carbocycles. The van der Waals surface area contributed by atoms with Crippen LogP contribution in [0.25, 0.3) is 0 Å². The van der Waals surface area contributed by atoms with Crippen LogP contribution in [0.15, 0.2) is 36.4 Å². The average molecular weight is 307 g/mol. The average Bonchev–Trinajstić information content (AvgIpc) is 2.47. The zero-order valence-corrected chi connectivity index (χ0v) is 12.2. The minimum Gasteiger partial charge on any atom is -0.370 e. The second-order valence-electron chi connectivity index (χ2n) is 4.38. The molecule has 0 amide bonds. The summed E-state index contributed by atoms with van der Waals surface area (Å²) in [6.45, 7) is 2.79. The Morgan fingerprint density at radius 2 is 1.95 bits per heavy atom. The van der Waals surface area contributed by atoms with Crippen molar-refractivity contribution >= 4 is 34.6 Å². The predicted octanol–water partition coefficient (Wildman–Crippen LogP) is 4.21. The molecule has 0 aliphatic carbocycles. The van der Waals surface area contributed by atoms with Gasteiger partial charge in [-0.2, -0.15) is 0 Å². The smallest absolute Gasteiger partial charge is 0.311 e. The van der Waals surface area contributed by atoms with E-state index in [1.807, 2.05) is 6.92 Å². The largest absolute Gasteiger partial charge is 0.370 e. The molecule has 0 fully saturated rings. The quantitative estimate of drug-likeness (QED) is 0.617. The lowest BCUT2D eigenvalue weighted by Gasteiger charge is -2.09. The molecule has 0 aliphatic heterocycles. The maximum atomic E-state index is 11.1. The topological polar surface area (TPSA) is 80.1 Å². The van der Waals surface area contributed by atoms with E-state index in [0.717, 1.165) is 13.0 Å². The minimum atomic E-state index is -0.463. The number of benzene rings is 1. The number of anilines is 3. The molecule has 2 rings (SSSR count). The molecule has 0 spiro atoms. The summed E-state index contributed by atoms with van der Waals surface area (Å²) in [5, 5.41) is 17.7. The maximum absolute atomic E-state index is 11.1. The molecule has 0 unspecified atom stereocenters. The molecule has 6 nitrogen and oxygen atoms in total. The van der Waals surface area contributed by atoms with Crippen LogP contribution in [-0.2, 0) is 0 Å². The summed E-state index contributed by atoms with van der Waals surface area (Å²) < 4.78 is 0. The van der Waals surface area contributed by atoms with Gasteiger partial charge in [0.2, 0.25) is 5.82 Å². The van der Waals surface area contributed by atoms with Gasteiger partial charge >= 0.3 is 5.69 Å². The van der Waals surface area contributed by atoms with Crippen molar-refractivity contribution in [3.63, 3.8) is 0 Å². The zero-order valence-electron chi connectivity index (χ0n) is 11.5. The van der Waals surface area contributed by atoms with Crippen LogP contribution < -0.4 is 10.6 Å². The van der Waals surface area contributed by atoms with Gasteiger partial charge in [0.25, 0.3) is 0 Å². The van der Waals surface area contributed by atoms with E-state index in [2.05, 4.69) is 15.6 Å². The highest BCUT2D eigenvalue weighted by Crippen LogP contribution is 2.27. The number of aromatic nitrogens is 1. The van der Waals surface area contributed by atoms with E-state index < -0.39 is 4.92 Å². The molecule has 0 aliphatic rings. The fourth-order valence-electron chi connectivity index (χ4n) is 1.71. The van der Waals surface area contributed by atoms with Gasteiger partial charge in [0, 0.05) is 23.3 Å². The van der Waals surface area contributed by atoms with Crippen molar-refractivity contribution in [1.29, 1.82) is 0 Å². The van der Waals surface area contributed by atoms with Crippen LogP contribution >= 0.6 is 11.6 Å². The van der Waals surface area contributed by atoms with Crippen molar-refractivity contribution < 1.29 is 4.92 Å². The molecule has 1 heterocycles. The van der Waals surface area contributed by atoms with Crippen LogP contribution in [0.3, 0.4) is 0 Å². The van der Waals surface area contributed by atoms with Crippen molar-refractivity contribution in [3.8, 4) is 0 Å². The Bertz CT molecular complexity index is 631. The SMILES string of the molecule is CCCNc1ccc([N+](=O)[O-])c(Nc2ccc(Cl)cc2)n1. The third-order valence-corrected chi connectivity index (χ3v) is 2.99. The maximum Gasteiger partial charge on any atom is 0.311 e. The lowest BCUT2D eigenvalue weighted by molar-refractivity contribution is -0.384. The van der Waals surface area contributed by atoms with Gasteiger partial charge in [0.15, 0.2) is 0 Å². The standard InChI is InChI=1S/C14H15ClN4O2/c1-2-9-16-13-8-7-12(19(20)21)14(18-13)17-11-5-3-10(15)4-6-11/h3-8H,2,9H2,1H3,(H2,16,17,18). The lowest BCUT2D eigenvalue weighted by atomic mass is 10.3. The van der Waals surface area contributed by atoms with E-state index in [4.69, 9.17) is 11.6 Å². The normalized spacial score (nSPS) is 10.2. The number of nitrogens with one attached hydrogen (secondary N) is 2. The summed E-state index contributed by atoms with van der Waals surface area (Å²) in [6.07, 6.45) is 0.943. The Labute approximate surface area is 127 Å². The molecule has 0 radical (unpaired) electrons. The van der Waals surface area contributed by atoms with E-state index in [1.54, 1.807) is 30.3 Å². The van der Waals surface area contributed by atoms with E-state index in [0.29, 0.717) is 16.5 Å². The van der Waals surface area contributed by atoms with Crippen LogP contribution in [0.4, 0.5) is 23.0 Å². The van der Waals surface area contributed by atoms with Gasteiger partial charge in [-0.1, -0.05) is 18.5 Å². The van der Waals surface area contributed by atoms with Gasteiger partial charge < -0.3 is 10.6 Å². The summed E-state index contributed by atoms with van der Waals surface area (Å²) in [7, 11) is 0. The van der Waals surface area contributed by atoms with Crippen LogP contribution in [0.2, 0.25) is 5.02 Å². The summed E-state index contributed by atoms with van der Waals surface area (Å²) in [5.41, 5.74) is 0.606. The Morgan fingerprint density at radius 1 is 1.24 bits per heavy atom. The number of rotatable bonds is 6. The molecule has 0 saturated carbocycles. The Hall–Kier alpha value is -2.34. The predicted molar refractivity (Wildman–Crippen MR) is 84.4 cm³/mol. The molecule has 110 valence electrons. The van der Waals surface area contributed by atoms with E-state index >= 15 is 0 Å². The van der Waals surface area contributed by atoms with Crippen molar-refractivity contribution in [2.45, 2.75) is 13.3 Å². The number of nitrogens with zero attached hydrogens (tertiary/aromatic N) is 2. The second kappa shape index (κ2) is 6.90. The van der Waals surface area contributed by atoms with E-state index in [-0.39, 0.29) is 11.5 Å². The number of hydrogen-bond acceptors (Lipinski definition) is 5. The highest BCUT2D eigenvalue weighted by Gasteiger charge is 2.16. The summed E-state index contributed by atoms with van der Waals surface area (Å²) >= 11 is 5.82. The first kappa shape index (κ1) is 15.1. The highest BCUT2D eigenvalue weighted by molar-refractivity contribution is 6.30. The van der Waals surface area contributed by atoms with Crippen LogP contribution in [0.5, 0.6) is 0 Å². The van der Waals surface area contributed by atoms with Gasteiger partial charge in [-0.05, 0) is 36.8 Å². The third-order valence-electron chi connectivity index (χ3n) is 2.73. The molecule has 0 saturated heterocycles. The molecule has 0 atom stereocenters. The van der Waals surface area contributed by atoms with Crippen LogP contribution in [0, 0.1) is 10.1 Å². The molecule has 2 N–H and O–H groups in total. The third kappa shape index (κ3) is 4.06. The monoisotopic (exact) mass is 306 g/mol. The number of pyridine rings is 1. The first-order chi connectivity index (χ1) is 10.1. The van der Waals surface area contributed by atoms with Gasteiger partial charge in [0.1, 0.15) is 5.82 Å². The Kier molecular flexibility index (Phi) is 4.94. The van der Waals surface area contributed by atoms with Crippen LogP contribution in [0.1, 0.15) is 13.3 Å². The van der Waals surface area contributed by atoms with Gasteiger partial charge in [0.05, 0.1) is 4.92 Å². The Morgan fingerprint density at radius 3 is 2.57 bits per heavy atom. The van der Waals surface area contributed by atoms with Gasteiger partial charge in [-0.25, -0.2) is 4.98 Å². The highest BCUT2D eigenvalue weighted by atomic mass is 35.5. The molecule has 2 aromatic rings. The minimum absolute atomic E-state index is 0.0769. The van der Waals surface area contributed by atoms with Crippen molar-refractivity contribution in [1.82, 2.24) is 4.98 Å². The van der Waals surface area contributed by atoms with Gasteiger partial charge in [-0.3, -0.25) is 10.1 Å². The first-order valence-corrected chi connectivity index (χ1v) is 6.90. The number of hydrogen-bond donors (Lipinski definition) is 2. The molecular weight excluding hydrogens is 292 g/mol. The first-order valence-electron chi connectivity index (χ1n) is 6.52. The zero-order chi connectivity index (χ0) is 15.2. The molecular formula is C14H15ClN4O2. The number of halogens is 1. The summed E-state index contributed by atoms with van der Waals surface area (Å²) in [4.78, 5) is 14.9.